The molecular formula is C14H18N2O2. The molecule has 4 nitrogen and oxygen atoms in total. The van der Waals surface area contributed by atoms with Gasteiger partial charge in [0.15, 0.2) is 0 Å². The number of hydrogen-bond donors (Lipinski definition) is 2. The quantitative estimate of drug-likeness (QED) is 0.852. The second-order valence-electron chi connectivity index (χ2n) is 4.92. The van der Waals surface area contributed by atoms with Crippen LogP contribution in [0.4, 0.5) is 5.69 Å². The third-order valence-electron chi connectivity index (χ3n) is 3.19. The van der Waals surface area contributed by atoms with Crippen molar-refractivity contribution in [2.24, 2.45) is 11.8 Å². The molecule has 1 aliphatic rings. The van der Waals surface area contributed by atoms with Gasteiger partial charge in [0.2, 0.25) is 11.8 Å². The van der Waals surface area contributed by atoms with Crippen molar-refractivity contribution in [2.75, 3.05) is 5.32 Å². The van der Waals surface area contributed by atoms with Crippen molar-refractivity contribution in [1.82, 2.24) is 5.32 Å². The number of amides is 2. The Morgan fingerprint density at radius 2 is 1.89 bits per heavy atom. The van der Waals surface area contributed by atoms with Gasteiger partial charge in [0.05, 0.1) is 0 Å². The maximum Gasteiger partial charge on any atom is 0.223 e. The van der Waals surface area contributed by atoms with Crippen molar-refractivity contribution in [1.29, 1.82) is 0 Å². The van der Waals surface area contributed by atoms with Gasteiger partial charge in [-0.1, -0.05) is 19.1 Å². The minimum Gasteiger partial charge on any atom is -0.352 e. The number of nitrogens with one attached hydrogen (secondary N) is 2. The van der Waals surface area contributed by atoms with E-state index in [0.29, 0.717) is 12.5 Å². The Bertz CT molecular complexity index is 453. The van der Waals surface area contributed by atoms with Gasteiger partial charge in [-0.2, -0.15) is 0 Å². The minimum absolute atomic E-state index is 0.0845. The average Bonchev–Trinajstić information content (AvgIpc) is 3.04. The van der Waals surface area contributed by atoms with E-state index in [2.05, 4.69) is 17.6 Å². The SMILES string of the molecule is CC(=O)Nc1ccc(CNC(=O)C2CC2C)cc1. The summed E-state index contributed by atoms with van der Waals surface area (Å²) >= 11 is 0. The van der Waals surface area contributed by atoms with Crippen LogP contribution in [0.5, 0.6) is 0 Å². The number of carbonyl (C=O) groups is 2. The van der Waals surface area contributed by atoms with E-state index in [4.69, 9.17) is 0 Å². The summed E-state index contributed by atoms with van der Waals surface area (Å²) in [7, 11) is 0. The summed E-state index contributed by atoms with van der Waals surface area (Å²) in [5, 5.41) is 5.63. The Labute approximate surface area is 107 Å². The Hall–Kier alpha value is -1.84. The summed E-state index contributed by atoms with van der Waals surface area (Å²) in [5.74, 6) is 0.808. The molecule has 1 fully saturated rings. The van der Waals surface area contributed by atoms with Gasteiger partial charge in [-0.05, 0) is 30.0 Å². The maximum absolute atomic E-state index is 11.6. The summed E-state index contributed by atoms with van der Waals surface area (Å²) in [5.41, 5.74) is 1.80. The van der Waals surface area contributed by atoms with Gasteiger partial charge in [-0.25, -0.2) is 0 Å². The highest BCUT2D eigenvalue weighted by Crippen LogP contribution is 2.37. The molecule has 96 valence electrons. The van der Waals surface area contributed by atoms with Crippen LogP contribution in [-0.2, 0) is 16.1 Å². The molecule has 4 heteroatoms. The third kappa shape index (κ3) is 3.32. The van der Waals surface area contributed by atoms with Gasteiger partial charge in [-0.15, -0.1) is 0 Å². The minimum atomic E-state index is -0.0845. The molecular weight excluding hydrogens is 228 g/mol. The monoisotopic (exact) mass is 246 g/mol. The number of rotatable bonds is 4. The van der Waals surface area contributed by atoms with E-state index in [-0.39, 0.29) is 17.7 Å². The van der Waals surface area contributed by atoms with Crippen LogP contribution in [0.1, 0.15) is 25.8 Å². The van der Waals surface area contributed by atoms with E-state index in [1.165, 1.54) is 6.92 Å². The van der Waals surface area contributed by atoms with Crippen molar-refractivity contribution in [2.45, 2.75) is 26.8 Å². The first-order valence-corrected chi connectivity index (χ1v) is 6.20. The molecule has 2 atom stereocenters. The van der Waals surface area contributed by atoms with Gasteiger partial charge in [0.25, 0.3) is 0 Å². The molecule has 0 bridgehead atoms. The smallest absolute Gasteiger partial charge is 0.223 e. The van der Waals surface area contributed by atoms with Crippen LogP contribution in [0.25, 0.3) is 0 Å². The molecule has 1 aromatic carbocycles. The van der Waals surface area contributed by atoms with Gasteiger partial charge in [-0.3, -0.25) is 9.59 Å². The fraction of sp³-hybridized carbons (Fsp3) is 0.429. The first kappa shape index (κ1) is 12.6. The summed E-state index contributed by atoms with van der Waals surface area (Å²) < 4.78 is 0. The largest absolute Gasteiger partial charge is 0.352 e. The van der Waals surface area contributed by atoms with Crippen LogP contribution in [0.3, 0.4) is 0 Å². The zero-order valence-corrected chi connectivity index (χ0v) is 10.7. The molecule has 0 spiro atoms. The Morgan fingerprint density at radius 1 is 1.28 bits per heavy atom. The molecule has 2 N–H and O–H groups in total. The van der Waals surface area contributed by atoms with Crippen LogP contribution in [0.15, 0.2) is 24.3 Å². The summed E-state index contributed by atoms with van der Waals surface area (Å²) in [6.07, 6.45) is 1.01. The predicted octanol–water partition coefficient (Wildman–Crippen LogP) is 1.92. The fourth-order valence-corrected chi connectivity index (χ4v) is 1.92. The zero-order chi connectivity index (χ0) is 13.1. The Kier molecular flexibility index (Phi) is 3.65. The summed E-state index contributed by atoms with van der Waals surface area (Å²) in [6.45, 7) is 4.11. The first-order valence-electron chi connectivity index (χ1n) is 6.20. The molecule has 18 heavy (non-hydrogen) atoms. The molecule has 0 aliphatic heterocycles. The van der Waals surface area contributed by atoms with E-state index < -0.39 is 0 Å². The molecule has 2 amide bonds. The third-order valence-corrected chi connectivity index (χ3v) is 3.19. The molecule has 2 unspecified atom stereocenters. The lowest BCUT2D eigenvalue weighted by Gasteiger charge is -2.06. The Morgan fingerprint density at radius 3 is 2.39 bits per heavy atom. The van der Waals surface area contributed by atoms with Gasteiger partial charge >= 0.3 is 0 Å². The van der Waals surface area contributed by atoms with Gasteiger partial charge in [0, 0.05) is 25.1 Å². The lowest BCUT2D eigenvalue weighted by molar-refractivity contribution is -0.122. The van der Waals surface area contributed by atoms with Crippen LogP contribution in [-0.4, -0.2) is 11.8 Å². The standard InChI is InChI=1S/C14H18N2O2/c1-9-7-13(9)14(18)15-8-11-3-5-12(6-4-11)16-10(2)17/h3-6,9,13H,7-8H2,1-2H3,(H,15,18)(H,16,17). The molecule has 0 aromatic heterocycles. The van der Waals surface area contributed by atoms with E-state index in [9.17, 15) is 9.59 Å². The number of carbonyl (C=O) groups excluding carboxylic acids is 2. The second kappa shape index (κ2) is 5.21. The lowest BCUT2D eigenvalue weighted by atomic mass is 10.2. The van der Waals surface area contributed by atoms with Crippen molar-refractivity contribution in [3.05, 3.63) is 29.8 Å². The molecule has 0 radical (unpaired) electrons. The molecule has 0 saturated heterocycles. The van der Waals surface area contributed by atoms with E-state index in [0.717, 1.165) is 17.7 Å². The fourth-order valence-electron chi connectivity index (χ4n) is 1.92. The highest BCUT2D eigenvalue weighted by molar-refractivity contribution is 5.88. The van der Waals surface area contributed by atoms with Crippen molar-refractivity contribution < 1.29 is 9.59 Å². The summed E-state index contributed by atoms with van der Waals surface area (Å²) in [4.78, 5) is 22.5. The predicted molar refractivity (Wildman–Crippen MR) is 69.9 cm³/mol. The molecule has 1 saturated carbocycles. The Balaban J connectivity index is 1.82. The average molecular weight is 246 g/mol. The first-order chi connectivity index (χ1) is 8.56. The van der Waals surface area contributed by atoms with E-state index in [1.807, 2.05) is 24.3 Å². The molecule has 1 aliphatic carbocycles. The number of anilines is 1. The maximum atomic E-state index is 11.6. The van der Waals surface area contributed by atoms with Crippen LogP contribution in [0.2, 0.25) is 0 Å². The number of benzene rings is 1. The molecule has 2 rings (SSSR count). The molecule has 0 heterocycles. The number of hydrogen-bond acceptors (Lipinski definition) is 2. The highest BCUT2D eigenvalue weighted by Gasteiger charge is 2.38. The summed E-state index contributed by atoms with van der Waals surface area (Å²) in [6, 6.07) is 7.48. The van der Waals surface area contributed by atoms with Crippen LogP contribution in [0, 0.1) is 11.8 Å². The zero-order valence-electron chi connectivity index (χ0n) is 10.7. The normalized spacial score (nSPS) is 21.2. The topological polar surface area (TPSA) is 58.2 Å². The van der Waals surface area contributed by atoms with Crippen LogP contribution >= 0.6 is 0 Å². The molecule has 1 aromatic rings. The lowest BCUT2D eigenvalue weighted by Crippen LogP contribution is -2.24. The van der Waals surface area contributed by atoms with Gasteiger partial charge in [0.1, 0.15) is 0 Å². The van der Waals surface area contributed by atoms with E-state index in [1.54, 1.807) is 0 Å². The van der Waals surface area contributed by atoms with Crippen LogP contribution < -0.4 is 10.6 Å². The van der Waals surface area contributed by atoms with Gasteiger partial charge < -0.3 is 10.6 Å². The highest BCUT2D eigenvalue weighted by atomic mass is 16.2. The second-order valence-corrected chi connectivity index (χ2v) is 4.92. The van der Waals surface area contributed by atoms with Crippen molar-refractivity contribution in [3.63, 3.8) is 0 Å². The van der Waals surface area contributed by atoms with Crippen molar-refractivity contribution in [3.8, 4) is 0 Å². The van der Waals surface area contributed by atoms with E-state index >= 15 is 0 Å². The van der Waals surface area contributed by atoms with Crippen molar-refractivity contribution >= 4 is 17.5 Å².